The molecule has 0 unspecified atom stereocenters. The van der Waals surface area contributed by atoms with Crippen LogP contribution >= 0.6 is 0 Å². The summed E-state index contributed by atoms with van der Waals surface area (Å²) in [6.45, 7) is 3.92. The van der Waals surface area contributed by atoms with E-state index in [0.717, 1.165) is 17.7 Å². The number of ether oxygens (including phenoxy) is 2. The van der Waals surface area contributed by atoms with Crippen LogP contribution in [0.25, 0.3) is 11.4 Å². The summed E-state index contributed by atoms with van der Waals surface area (Å²) in [6.07, 6.45) is 2.79. The molecule has 156 valence electrons. The van der Waals surface area contributed by atoms with Gasteiger partial charge in [0.05, 0.1) is 14.2 Å². The smallest absolute Gasteiger partial charge is 0.325 e. The third-order valence-corrected chi connectivity index (χ3v) is 5.00. The minimum absolute atomic E-state index is 0.0693. The summed E-state index contributed by atoms with van der Waals surface area (Å²) in [5.74, 6) is 1.40. The third-order valence-electron chi connectivity index (χ3n) is 5.00. The zero-order valence-corrected chi connectivity index (χ0v) is 17.2. The van der Waals surface area contributed by atoms with Gasteiger partial charge in [-0.15, -0.1) is 0 Å². The van der Waals surface area contributed by atoms with Gasteiger partial charge in [-0.2, -0.15) is 4.98 Å². The van der Waals surface area contributed by atoms with E-state index in [2.05, 4.69) is 15.5 Å². The normalized spacial score (nSPS) is 15.5. The molecule has 1 saturated heterocycles. The number of aromatic nitrogens is 2. The van der Waals surface area contributed by atoms with E-state index >= 15 is 0 Å². The lowest BCUT2D eigenvalue weighted by Gasteiger charge is -2.25. The van der Waals surface area contributed by atoms with Crippen molar-refractivity contribution in [2.45, 2.75) is 51.6 Å². The molecule has 2 heterocycles. The summed E-state index contributed by atoms with van der Waals surface area (Å²) in [7, 11) is 3.10. The molecule has 0 aliphatic carbocycles. The highest BCUT2D eigenvalue weighted by atomic mass is 16.5. The predicted molar refractivity (Wildman–Crippen MR) is 104 cm³/mol. The standard InChI is InChI=1S/C20H26N4O5/c1-5-9-20(10-6-2)18(25)24(19(26)22-20)12-16-21-17(23-29-16)13-7-8-14(27-3)15(11-13)28-4/h7-8,11H,5-6,9-10,12H2,1-4H3,(H,22,26). The lowest BCUT2D eigenvalue weighted by Crippen LogP contribution is -2.46. The Labute approximate surface area is 169 Å². The zero-order valence-electron chi connectivity index (χ0n) is 17.2. The Balaban J connectivity index is 1.80. The van der Waals surface area contributed by atoms with Gasteiger partial charge in [-0.05, 0) is 31.0 Å². The average molecular weight is 402 g/mol. The number of nitrogens with zero attached hydrogens (tertiary/aromatic N) is 3. The number of urea groups is 1. The van der Waals surface area contributed by atoms with E-state index in [1.54, 1.807) is 32.4 Å². The zero-order chi connectivity index (χ0) is 21.0. The van der Waals surface area contributed by atoms with Crippen LogP contribution in [0.1, 0.15) is 45.4 Å². The molecule has 2 aromatic rings. The molecule has 1 aliphatic heterocycles. The van der Waals surface area contributed by atoms with Crippen molar-refractivity contribution in [3.8, 4) is 22.9 Å². The van der Waals surface area contributed by atoms with Gasteiger partial charge in [0, 0.05) is 5.56 Å². The summed E-state index contributed by atoms with van der Waals surface area (Å²) in [5.41, 5.74) is -0.173. The minimum Gasteiger partial charge on any atom is -0.493 e. The van der Waals surface area contributed by atoms with Crippen molar-refractivity contribution in [2.24, 2.45) is 0 Å². The van der Waals surface area contributed by atoms with Crippen molar-refractivity contribution in [1.29, 1.82) is 0 Å². The van der Waals surface area contributed by atoms with Gasteiger partial charge >= 0.3 is 6.03 Å². The van der Waals surface area contributed by atoms with Crippen molar-refractivity contribution < 1.29 is 23.6 Å². The molecule has 0 saturated carbocycles. The Bertz CT molecular complexity index is 889. The van der Waals surface area contributed by atoms with Gasteiger partial charge in [0.1, 0.15) is 12.1 Å². The maximum Gasteiger partial charge on any atom is 0.325 e. The molecular formula is C20H26N4O5. The highest BCUT2D eigenvalue weighted by molar-refractivity contribution is 6.06. The Morgan fingerprint density at radius 1 is 1.10 bits per heavy atom. The van der Waals surface area contributed by atoms with Crippen LogP contribution in [-0.2, 0) is 11.3 Å². The van der Waals surface area contributed by atoms with Crippen molar-refractivity contribution in [2.75, 3.05) is 14.2 Å². The molecule has 1 fully saturated rings. The Hall–Kier alpha value is -3.10. The fourth-order valence-electron chi connectivity index (χ4n) is 3.68. The lowest BCUT2D eigenvalue weighted by atomic mass is 9.88. The number of imide groups is 1. The van der Waals surface area contributed by atoms with E-state index in [1.807, 2.05) is 13.8 Å². The minimum atomic E-state index is -0.840. The number of hydrogen-bond acceptors (Lipinski definition) is 7. The van der Waals surface area contributed by atoms with Crippen molar-refractivity contribution in [3.05, 3.63) is 24.1 Å². The van der Waals surface area contributed by atoms with Crippen molar-refractivity contribution in [3.63, 3.8) is 0 Å². The van der Waals surface area contributed by atoms with Gasteiger partial charge in [0.25, 0.3) is 5.91 Å². The SMILES string of the molecule is CCCC1(CCC)NC(=O)N(Cc2nc(-c3ccc(OC)c(OC)c3)no2)C1=O. The number of carbonyl (C=O) groups is 2. The van der Waals surface area contributed by atoms with Crippen LogP contribution in [0.15, 0.2) is 22.7 Å². The van der Waals surface area contributed by atoms with Crippen LogP contribution in [0.5, 0.6) is 11.5 Å². The second-order valence-electron chi connectivity index (χ2n) is 6.99. The molecule has 1 N–H and O–H groups in total. The van der Waals surface area contributed by atoms with Gasteiger partial charge in [0.2, 0.25) is 11.7 Å². The highest BCUT2D eigenvalue weighted by Crippen LogP contribution is 2.32. The van der Waals surface area contributed by atoms with Crippen molar-refractivity contribution >= 4 is 11.9 Å². The van der Waals surface area contributed by atoms with Gasteiger partial charge in [0.15, 0.2) is 11.5 Å². The molecule has 3 amide bonds. The van der Waals surface area contributed by atoms with E-state index in [-0.39, 0.29) is 18.3 Å². The molecule has 29 heavy (non-hydrogen) atoms. The fourth-order valence-corrected chi connectivity index (χ4v) is 3.68. The second kappa shape index (κ2) is 8.50. The first-order chi connectivity index (χ1) is 14.0. The van der Waals surface area contributed by atoms with Gasteiger partial charge in [-0.3, -0.25) is 9.69 Å². The number of rotatable bonds is 9. The first-order valence-electron chi connectivity index (χ1n) is 9.67. The van der Waals surface area contributed by atoms with E-state index in [4.69, 9.17) is 14.0 Å². The van der Waals surface area contributed by atoms with E-state index in [1.165, 1.54) is 0 Å². The van der Waals surface area contributed by atoms with Crippen LogP contribution < -0.4 is 14.8 Å². The topological polar surface area (TPSA) is 107 Å². The molecule has 0 spiro atoms. The molecule has 1 aliphatic rings. The second-order valence-corrected chi connectivity index (χ2v) is 6.99. The van der Waals surface area contributed by atoms with Crippen LogP contribution in [-0.4, -0.2) is 46.7 Å². The maximum atomic E-state index is 13.0. The summed E-state index contributed by atoms with van der Waals surface area (Å²) in [5, 5.41) is 6.84. The lowest BCUT2D eigenvalue weighted by molar-refractivity contribution is -0.132. The molecule has 1 aromatic heterocycles. The van der Waals surface area contributed by atoms with Crippen LogP contribution in [0.2, 0.25) is 0 Å². The summed E-state index contributed by atoms with van der Waals surface area (Å²) < 4.78 is 15.8. The first kappa shape index (κ1) is 20.6. The van der Waals surface area contributed by atoms with Gasteiger partial charge < -0.3 is 19.3 Å². The number of benzene rings is 1. The largest absolute Gasteiger partial charge is 0.493 e. The summed E-state index contributed by atoms with van der Waals surface area (Å²) >= 11 is 0. The van der Waals surface area contributed by atoms with Crippen LogP contribution in [0, 0.1) is 0 Å². The van der Waals surface area contributed by atoms with E-state index < -0.39 is 11.6 Å². The Kier molecular flexibility index (Phi) is 6.05. The molecule has 0 radical (unpaired) electrons. The molecule has 1 aromatic carbocycles. The van der Waals surface area contributed by atoms with Crippen LogP contribution in [0.4, 0.5) is 4.79 Å². The molecule has 9 nitrogen and oxygen atoms in total. The average Bonchev–Trinajstić information content (AvgIpc) is 3.27. The molecule has 3 rings (SSSR count). The van der Waals surface area contributed by atoms with Gasteiger partial charge in [-0.25, -0.2) is 4.79 Å². The number of hydrogen-bond donors (Lipinski definition) is 1. The maximum absolute atomic E-state index is 13.0. The molecule has 0 bridgehead atoms. The Morgan fingerprint density at radius 3 is 2.41 bits per heavy atom. The monoisotopic (exact) mass is 402 g/mol. The van der Waals surface area contributed by atoms with Gasteiger partial charge in [-0.1, -0.05) is 31.8 Å². The van der Waals surface area contributed by atoms with E-state index in [0.29, 0.717) is 35.7 Å². The van der Waals surface area contributed by atoms with E-state index in [9.17, 15) is 9.59 Å². The summed E-state index contributed by atoms with van der Waals surface area (Å²) in [4.78, 5) is 30.9. The first-order valence-corrected chi connectivity index (χ1v) is 9.67. The molecular weight excluding hydrogens is 376 g/mol. The van der Waals surface area contributed by atoms with Crippen LogP contribution in [0.3, 0.4) is 0 Å². The number of carbonyl (C=O) groups excluding carboxylic acids is 2. The molecule has 9 heteroatoms. The quantitative estimate of drug-likeness (QED) is 0.642. The number of methoxy groups -OCH3 is 2. The third kappa shape index (κ3) is 3.90. The molecule has 0 atom stereocenters. The number of nitrogens with one attached hydrogen (secondary N) is 1. The number of amides is 3. The Morgan fingerprint density at radius 2 is 1.79 bits per heavy atom. The highest BCUT2D eigenvalue weighted by Gasteiger charge is 2.50. The fraction of sp³-hybridized carbons (Fsp3) is 0.500. The van der Waals surface area contributed by atoms with Crippen molar-refractivity contribution in [1.82, 2.24) is 20.4 Å². The summed E-state index contributed by atoms with van der Waals surface area (Å²) in [6, 6.07) is 4.82. The predicted octanol–water partition coefficient (Wildman–Crippen LogP) is 3.14.